The molecule has 1 aliphatic carbocycles. The van der Waals surface area contributed by atoms with Crippen molar-refractivity contribution >= 4 is 40.6 Å². The van der Waals surface area contributed by atoms with Crippen LogP contribution in [0, 0.1) is 16.0 Å². The molecular weight excluding hydrogens is 402 g/mol. The van der Waals surface area contributed by atoms with E-state index in [4.69, 9.17) is 0 Å². The Hall–Kier alpha value is -2.87. The van der Waals surface area contributed by atoms with Gasteiger partial charge in [0.1, 0.15) is 0 Å². The highest BCUT2D eigenvalue weighted by Gasteiger charge is 2.21. The summed E-state index contributed by atoms with van der Waals surface area (Å²) in [7, 11) is 0. The first-order chi connectivity index (χ1) is 14.4. The molecule has 0 spiro atoms. The average Bonchev–Trinajstić information content (AvgIpc) is 2.75. The minimum Gasteiger partial charge on any atom is -0.326 e. The van der Waals surface area contributed by atoms with Gasteiger partial charge in [0, 0.05) is 34.3 Å². The van der Waals surface area contributed by atoms with Crippen LogP contribution in [0.4, 0.5) is 17.1 Å². The van der Waals surface area contributed by atoms with Gasteiger partial charge >= 0.3 is 0 Å². The second-order valence-electron chi connectivity index (χ2n) is 7.41. The highest BCUT2D eigenvalue weighted by atomic mass is 32.2. The maximum Gasteiger partial charge on any atom is 0.269 e. The molecule has 0 aromatic heterocycles. The summed E-state index contributed by atoms with van der Waals surface area (Å²) in [4.78, 5) is 36.0. The van der Waals surface area contributed by atoms with Gasteiger partial charge in [-0.1, -0.05) is 25.3 Å². The van der Waals surface area contributed by atoms with Gasteiger partial charge in [0.25, 0.3) is 5.69 Å². The van der Waals surface area contributed by atoms with E-state index in [2.05, 4.69) is 10.6 Å². The Bertz CT molecular complexity index is 911. The quantitative estimate of drug-likeness (QED) is 0.358. The number of nitro groups is 1. The molecule has 2 amide bonds. The van der Waals surface area contributed by atoms with Crippen LogP contribution in [0.3, 0.4) is 0 Å². The fourth-order valence-electron chi connectivity index (χ4n) is 3.42. The van der Waals surface area contributed by atoms with E-state index >= 15 is 0 Å². The average molecular weight is 428 g/mol. The predicted molar refractivity (Wildman–Crippen MR) is 119 cm³/mol. The van der Waals surface area contributed by atoms with Gasteiger partial charge in [0.05, 0.1) is 10.2 Å². The van der Waals surface area contributed by atoms with Crippen molar-refractivity contribution in [2.45, 2.75) is 49.2 Å². The molecule has 0 aliphatic heterocycles. The molecule has 0 heterocycles. The smallest absolute Gasteiger partial charge is 0.269 e. The molecule has 1 saturated carbocycles. The minimum atomic E-state index is -0.482. The molecule has 2 aromatic rings. The Morgan fingerprint density at radius 1 is 1.03 bits per heavy atom. The highest BCUT2D eigenvalue weighted by molar-refractivity contribution is 8.00. The van der Waals surface area contributed by atoms with Gasteiger partial charge in [-0.25, -0.2) is 0 Å². The molecule has 1 unspecified atom stereocenters. The van der Waals surface area contributed by atoms with Crippen molar-refractivity contribution in [3.63, 3.8) is 0 Å². The lowest BCUT2D eigenvalue weighted by Gasteiger charge is -2.21. The van der Waals surface area contributed by atoms with E-state index in [0.717, 1.165) is 36.3 Å². The fraction of sp³-hybridized carbons (Fsp3) is 0.364. The molecule has 3 rings (SSSR count). The first-order valence-electron chi connectivity index (χ1n) is 10.1. The van der Waals surface area contributed by atoms with Crippen LogP contribution in [-0.4, -0.2) is 22.0 Å². The van der Waals surface area contributed by atoms with E-state index < -0.39 is 4.92 Å². The van der Waals surface area contributed by atoms with Crippen LogP contribution in [-0.2, 0) is 9.59 Å². The number of rotatable bonds is 7. The van der Waals surface area contributed by atoms with Crippen molar-refractivity contribution in [3.05, 3.63) is 58.6 Å². The molecule has 30 heavy (non-hydrogen) atoms. The predicted octanol–water partition coefficient (Wildman–Crippen LogP) is 5.23. The van der Waals surface area contributed by atoms with E-state index in [1.807, 2.05) is 24.3 Å². The Morgan fingerprint density at radius 3 is 2.40 bits per heavy atom. The minimum absolute atomic E-state index is 0.0255. The summed E-state index contributed by atoms with van der Waals surface area (Å²) in [6, 6.07) is 13.2. The lowest BCUT2D eigenvalue weighted by Crippen LogP contribution is -2.24. The normalized spacial score (nSPS) is 15.2. The number of nitrogens with one attached hydrogen (secondary N) is 2. The van der Waals surface area contributed by atoms with Crippen molar-refractivity contribution in [2.75, 3.05) is 10.6 Å². The number of thioether (sulfide) groups is 1. The summed E-state index contributed by atoms with van der Waals surface area (Å²) in [5.41, 5.74) is 1.22. The number of amides is 2. The van der Waals surface area contributed by atoms with E-state index in [1.54, 1.807) is 6.92 Å². The molecule has 1 aliphatic rings. The largest absolute Gasteiger partial charge is 0.326 e. The maximum absolute atomic E-state index is 12.5. The third kappa shape index (κ3) is 6.06. The number of nitrogens with zero attached hydrogens (tertiary/aromatic N) is 1. The van der Waals surface area contributed by atoms with Crippen molar-refractivity contribution in [2.24, 2.45) is 5.92 Å². The highest BCUT2D eigenvalue weighted by Crippen LogP contribution is 2.29. The van der Waals surface area contributed by atoms with Crippen molar-refractivity contribution in [1.82, 2.24) is 0 Å². The Balaban J connectivity index is 1.55. The van der Waals surface area contributed by atoms with Crippen LogP contribution in [0.5, 0.6) is 0 Å². The summed E-state index contributed by atoms with van der Waals surface area (Å²) < 4.78 is 0. The van der Waals surface area contributed by atoms with Crippen molar-refractivity contribution in [1.29, 1.82) is 0 Å². The van der Waals surface area contributed by atoms with Crippen molar-refractivity contribution < 1.29 is 14.5 Å². The molecule has 8 heteroatoms. The van der Waals surface area contributed by atoms with Crippen LogP contribution in [0.15, 0.2) is 53.4 Å². The number of hydrogen-bond acceptors (Lipinski definition) is 5. The number of benzene rings is 2. The fourth-order valence-corrected chi connectivity index (χ4v) is 4.35. The molecule has 2 N–H and O–H groups in total. The van der Waals surface area contributed by atoms with Gasteiger partial charge in [0.2, 0.25) is 11.8 Å². The number of carbonyl (C=O) groups excluding carboxylic acids is 2. The van der Waals surface area contributed by atoms with Crippen LogP contribution >= 0.6 is 11.8 Å². The van der Waals surface area contributed by atoms with E-state index in [1.165, 1.54) is 42.4 Å². The number of carbonyl (C=O) groups is 2. The van der Waals surface area contributed by atoms with Gasteiger partial charge in [0.15, 0.2) is 0 Å². The lowest BCUT2D eigenvalue weighted by molar-refractivity contribution is -0.384. The van der Waals surface area contributed by atoms with Crippen LogP contribution < -0.4 is 10.6 Å². The number of nitro benzene ring substituents is 1. The molecule has 0 radical (unpaired) electrons. The third-order valence-electron chi connectivity index (χ3n) is 5.11. The van der Waals surface area contributed by atoms with Gasteiger partial charge in [-0.15, -0.1) is 11.8 Å². The standard InChI is InChI=1S/C22H25N3O4S/c1-15(21(26)23-17-10-12-19(13-11-17)25(28)29)30-20-9-5-8-18(14-20)24-22(27)16-6-3-2-4-7-16/h5,8-16H,2-4,6-7H2,1H3,(H,23,26)(H,24,27). The summed E-state index contributed by atoms with van der Waals surface area (Å²) in [6.45, 7) is 1.79. The Kier molecular flexibility index (Phi) is 7.46. The lowest BCUT2D eigenvalue weighted by atomic mass is 9.88. The third-order valence-corrected chi connectivity index (χ3v) is 6.20. The summed E-state index contributed by atoms with van der Waals surface area (Å²) in [6.07, 6.45) is 5.31. The number of anilines is 2. The molecule has 1 fully saturated rings. The molecule has 1 atom stereocenters. The summed E-state index contributed by atoms with van der Waals surface area (Å²) in [5, 5.41) is 16.1. The molecule has 7 nitrogen and oxygen atoms in total. The first kappa shape index (κ1) is 21.8. The number of non-ortho nitro benzene ring substituents is 1. The van der Waals surface area contributed by atoms with Crippen LogP contribution in [0.2, 0.25) is 0 Å². The van der Waals surface area contributed by atoms with E-state index in [9.17, 15) is 19.7 Å². The SMILES string of the molecule is CC(Sc1cccc(NC(=O)C2CCCCC2)c1)C(=O)Nc1ccc([N+](=O)[O-])cc1. The topological polar surface area (TPSA) is 101 Å². The first-order valence-corrected chi connectivity index (χ1v) is 10.9. The second-order valence-corrected chi connectivity index (χ2v) is 8.82. The van der Waals surface area contributed by atoms with E-state index in [0.29, 0.717) is 5.69 Å². The Labute approximate surface area is 179 Å². The van der Waals surface area contributed by atoms with Crippen LogP contribution in [0.25, 0.3) is 0 Å². The van der Waals surface area contributed by atoms with Gasteiger partial charge in [-0.2, -0.15) is 0 Å². The zero-order chi connectivity index (χ0) is 21.5. The van der Waals surface area contributed by atoms with E-state index in [-0.39, 0.29) is 28.7 Å². The number of hydrogen-bond donors (Lipinski definition) is 2. The summed E-state index contributed by atoms with van der Waals surface area (Å²) in [5.74, 6) is -0.0484. The maximum atomic E-state index is 12.5. The Morgan fingerprint density at radius 2 is 1.73 bits per heavy atom. The van der Waals surface area contributed by atoms with Gasteiger partial charge in [-0.3, -0.25) is 19.7 Å². The molecule has 2 aromatic carbocycles. The zero-order valence-corrected chi connectivity index (χ0v) is 17.6. The molecule has 0 bridgehead atoms. The molecule has 0 saturated heterocycles. The monoisotopic (exact) mass is 427 g/mol. The van der Waals surface area contributed by atoms with Crippen LogP contribution in [0.1, 0.15) is 39.0 Å². The second kappa shape index (κ2) is 10.2. The molecule has 158 valence electrons. The van der Waals surface area contributed by atoms with Gasteiger partial charge < -0.3 is 10.6 Å². The van der Waals surface area contributed by atoms with Crippen molar-refractivity contribution in [3.8, 4) is 0 Å². The van der Waals surface area contributed by atoms with Gasteiger partial charge in [-0.05, 0) is 50.1 Å². The zero-order valence-electron chi connectivity index (χ0n) is 16.8. The summed E-state index contributed by atoms with van der Waals surface area (Å²) >= 11 is 1.38. The molecular formula is C22H25N3O4S.